The molecule has 0 radical (unpaired) electrons. The van der Waals surface area contributed by atoms with Gasteiger partial charge in [0, 0.05) is 26.5 Å². The van der Waals surface area contributed by atoms with E-state index in [2.05, 4.69) is 87.2 Å². The Balaban J connectivity index is 1.93. The molecular weight excluding hydrogens is 410 g/mol. The zero-order chi connectivity index (χ0) is 19.1. The Morgan fingerprint density at radius 1 is 0.679 bits per heavy atom. The van der Waals surface area contributed by atoms with Gasteiger partial charge in [-0.25, -0.2) is 0 Å². The summed E-state index contributed by atoms with van der Waals surface area (Å²) in [7, 11) is 0. The molecule has 0 saturated heterocycles. The Kier molecular flexibility index (Phi) is 4.10. The van der Waals surface area contributed by atoms with Crippen molar-refractivity contribution in [3.8, 4) is 16.8 Å². The van der Waals surface area contributed by atoms with E-state index in [0.717, 1.165) is 44.0 Å². The Morgan fingerprint density at radius 3 is 2.18 bits per heavy atom. The molecule has 2 nitrogen and oxygen atoms in total. The fraction of sp³-hybridized carbons (Fsp3) is 0. The number of fused-ring (bicyclic) bond motifs is 3. The van der Waals surface area contributed by atoms with Gasteiger partial charge in [0.25, 0.3) is 0 Å². The maximum atomic E-state index is 11.6. The third-order valence-corrected chi connectivity index (χ3v) is 5.69. The number of aldehydes is 1. The largest absolute Gasteiger partial charge is 0.309 e. The number of hydrogen-bond donors (Lipinski definition) is 0. The van der Waals surface area contributed by atoms with Crippen LogP contribution < -0.4 is 0 Å². The van der Waals surface area contributed by atoms with E-state index >= 15 is 0 Å². The third kappa shape index (κ3) is 2.59. The molecule has 28 heavy (non-hydrogen) atoms. The minimum atomic E-state index is 0.704. The van der Waals surface area contributed by atoms with Crippen LogP contribution in [-0.4, -0.2) is 10.9 Å². The highest BCUT2D eigenvalue weighted by Gasteiger charge is 2.16. The van der Waals surface area contributed by atoms with Crippen LogP contribution >= 0.6 is 15.9 Å². The van der Waals surface area contributed by atoms with E-state index in [1.807, 2.05) is 24.3 Å². The van der Waals surface area contributed by atoms with Crippen LogP contribution in [0.5, 0.6) is 0 Å². The number of carbonyl (C=O) groups is 1. The standard InChI is InChI=1S/C25H16BrNO/c26-18-12-14-19(15-13-18)27-23-10-4-3-8-22(23)25-21(9-5-11-24(25)27)20-7-2-1-6-17(20)16-28/h1-16H. The second-order valence-electron chi connectivity index (χ2n) is 6.73. The first kappa shape index (κ1) is 17.0. The van der Waals surface area contributed by atoms with Gasteiger partial charge < -0.3 is 4.57 Å². The van der Waals surface area contributed by atoms with Crippen molar-refractivity contribution >= 4 is 44.0 Å². The summed E-state index contributed by atoms with van der Waals surface area (Å²) in [6, 6.07) is 30.8. The van der Waals surface area contributed by atoms with E-state index in [9.17, 15) is 4.79 Å². The highest BCUT2D eigenvalue weighted by molar-refractivity contribution is 9.10. The van der Waals surface area contributed by atoms with Crippen LogP contribution in [0.1, 0.15) is 10.4 Å². The summed E-state index contributed by atoms with van der Waals surface area (Å²) in [5.74, 6) is 0. The summed E-state index contributed by atoms with van der Waals surface area (Å²) < 4.78 is 3.34. The lowest BCUT2D eigenvalue weighted by atomic mass is 9.96. The van der Waals surface area contributed by atoms with Gasteiger partial charge >= 0.3 is 0 Å². The smallest absolute Gasteiger partial charge is 0.150 e. The van der Waals surface area contributed by atoms with Crippen molar-refractivity contribution in [2.45, 2.75) is 0 Å². The van der Waals surface area contributed by atoms with Crippen LogP contribution in [0.25, 0.3) is 38.6 Å². The lowest BCUT2D eigenvalue weighted by molar-refractivity contribution is 0.112. The van der Waals surface area contributed by atoms with E-state index in [1.54, 1.807) is 0 Å². The number of benzene rings is 4. The minimum absolute atomic E-state index is 0.704. The van der Waals surface area contributed by atoms with Crippen LogP contribution in [0, 0.1) is 0 Å². The minimum Gasteiger partial charge on any atom is -0.309 e. The second-order valence-corrected chi connectivity index (χ2v) is 7.65. The first-order valence-electron chi connectivity index (χ1n) is 9.10. The van der Waals surface area contributed by atoms with Gasteiger partial charge in [-0.3, -0.25) is 4.79 Å². The van der Waals surface area contributed by atoms with E-state index in [0.29, 0.717) is 5.56 Å². The van der Waals surface area contributed by atoms with Crippen molar-refractivity contribution in [1.82, 2.24) is 4.57 Å². The fourth-order valence-electron chi connectivity index (χ4n) is 3.96. The van der Waals surface area contributed by atoms with Crippen LogP contribution in [-0.2, 0) is 0 Å². The van der Waals surface area contributed by atoms with Crippen LogP contribution in [0.2, 0.25) is 0 Å². The molecule has 3 heteroatoms. The number of halogens is 1. The van der Waals surface area contributed by atoms with Gasteiger partial charge in [-0.05, 0) is 47.5 Å². The van der Waals surface area contributed by atoms with Crippen molar-refractivity contribution < 1.29 is 4.79 Å². The molecule has 0 amide bonds. The van der Waals surface area contributed by atoms with Gasteiger partial charge in [-0.15, -0.1) is 0 Å². The van der Waals surface area contributed by atoms with E-state index in [4.69, 9.17) is 0 Å². The quantitative estimate of drug-likeness (QED) is 0.284. The zero-order valence-electron chi connectivity index (χ0n) is 15.0. The Hall–Kier alpha value is -3.17. The first-order valence-corrected chi connectivity index (χ1v) is 9.90. The molecule has 5 aromatic rings. The van der Waals surface area contributed by atoms with Gasteiger partial charge in [0.05, 0.1) is 11.0 Å². The van der Waals surface area contributed by atoms with E-state index in [1.165, 1.54) is 5.39 Å². The summed E-state index contributed by atoms with van der Waals surface area (Å²) in [5, 5.41) is 2.34. The average molecular weight is 426 g/mol. The number of aromatic nitrogens is 1. The van der Waals surface area contributed by atoms with Crippen LogP contribution in [0.15, 0.2) is 95.5 Å². The number of rotatable bonds is 3. The molecule has 0 unspecified atom stereocenters. The average Bonchev–Trinajstić information content (AvgIpc) is 3.09. The predicted molar refractivity (Wildman–Crippen MR) is 119 cm³/mol. The maximum absolute atomic E-state index is 11.6. The molecule has 4 aromatic carbocycles. The summed E-state index contributed by atoms with van der Waals surface area (Å²) in [6.07, 6.45) is 0.933. The number of hydrogen-bond acceptors (Lipinski definition) is 1. The van der Waals surface area contributed by atoms with Gasteiger partial charge in [0.2, 0.25) is 0 Å². The fourth-order valence-corrected chi connectivity index (χ4v) is 4.22. The monoisotopic (exact) mass is 425 g/mol. The molecule has 0 aliphatic heterocycles. The Labute approximate surface area is 171 Å². The van der Waals surface area contributed by atoms with Crippen molar-refractivity contribution in [3.05, 3.63) is 101 Å². The lowest BCUT2D eigenvalue weighted by Crippen LogP contribution is -1.93. The van der Waals surface area contributed by atoms with E-state index < -0.39 is 0 Å². The topological polar surface area (TPSA) is 22.0 Å². The second kappa shape index (κ2) is 6.77. The summed E-state index contributed by atoms with van der Waals surface area (Å²) >= 11 is 3.52. The molecular formula is C25H16BrNO. The molecule has 0 aliphatic rings. The normalized spacial score (nSPS) is 11.2. The van der Waals surface area contributed by atoms with Crippen molar-refractivity contribution in [3.63, 3.8) is 0 Å². The van der Waals surface area contributed by atoms with Gasteiger partial charge in [-0.2, -0.15) is 0 Å². The third-order valence-electron chi connectivity index (χ3n) is 5.16. The molecule has 0 saturated carbocycles. The summed E-state index contributed by atoms with van der Waals surface area (Å²) in [6.45, 7) is 0. The molecule has 1 aromatic heterocycles. The van der Waals surface area contributed by atoms with Crippen molar-refractivity contribution in [2.24, 2.45) is 0 Å². The molecule has 0 spiro atoms. The highest BCUT2D eigenvalue weighted by atomic mass is 79.9. The number of nitrogens with zero attached hydrogens (tertiary/aromatic N) is 1. The van der Waals surface area contributed by atoms with Gasteiger partial charge in [0.15, 0.2) is 6.29 Å². The molecule has 0 fully saturated rings. The summed E-state index contributed by atoms with van der Waals surface area (Å²) in [4.78, 5) is 11.6. The molecule has 134 valence electrons. The summed E-state index contributed by atoms with van der Waals surface area (Å²) in [5.41, 5.74) is 6.12. The molecule has 0 aliphatic carbocycles. The zero-order valence-corrected chi connectivity index (χ0v) is 16.6. The molecule has 5 rings (SSSR count). The van der Waals surface area contributed by atoms with Crippen LogP contribution in [0.4, 0.5) is 0 Å². The molecule has 0 atom stereocenters. The Morgan fingerprint density at radius 2 is 1.36 bits per heavy atom. The maximum Gasteiger partial charge on any atom is 0.150 e. The molecule has 0 bridgehead atoms. The lowest BCUT2D eigenvalue weighted by Gasteiger charge is -2.10. The molecule has 1 heterocycles. The van der Waals surface area contributed by atoms with Crippen molar-refractivity contribution in [2.75, 3.05) is 0 Å². The predicted octanol–water partition coefficient (Wildman–Crippen LogP) is 7.03. The van der Waals surface area contributed by atoms with E-state index in [-0.39, 0.29) is 0 Å². The highest BCUT2D eigenvalue weighted by Crippen LogP contribution is 2.39. The number of para-hydroxylation sites is 1. The van der Waals surface area contributed by atoms with Crippen molar-refractivity contribution in [1.29, 1.82) is 0 Å². The first-order chi connectivity index (χ1) is 13.8. The molecule has 0 N–H and O–H groups in total. The Bertz CT molecular complexity index is 1330. The van der Waals surface area contributed by atoms with Gasteiger partial charge in [0.1, 0.15) is 0 Å². The van der Waals surface area contributed by atoms with Gasteiger partial charge in [-0.1, -0.05) is 70.5 Å². The SMILES string of the molecule is O=Cc1ccccc1-c1cccc2c1c1ccccc1n2-c1ccc(Br)cc1. The number of carbonyl (C=O) groups excluding carboxylic acids is 1. The van der Waals surface area contributed by atoms with Crippen LogP contribution in [0.3, 0.4) is 0 Å².